The molecule has 6 nitrogen and oxygen atoms in total. The van der Waals surface area contributed by atoms with Gasteiger partial charge in [0, 0.05) is 61.5 Å². The monoisotopic (exact) mass is 426 g/mol. The van der Waals surface area contributed by atoms with E-state index < -0.39 is 0 Å². The topological polar surface area (TPSA) is 48.7 Å². The van der Waals surface area contributed by atoms with E-state index in [1.165, 1.54) is 33.9 Å². The smallest absolute Gasteiger partial charge is 0.134 e. The van der Waals surface area contributed by atoms with Gasteiger partial charge in [0.25, 0.3) is 0 Å². The molecule has 6 heteroatoms. The molecule has 1 N–H and O–H groups in total. The number of piperidine rings is 1. The summed E-state index contributed by atoms with van der Waals surface area (Å²) >= 11 is 0. The van der Waals surface area contributed by atoms with Gasteiger partial charge in [-0.15, -0.1) is 0 Å². The number of nitrogens with zero attached hydrogens (tertiary/aromatic N) is 5. The molecule has 0 saturated carbocycles. The van der Waals surface area contributed by atoms with Crippen LogP contribution in [0.4, 0.5) is 5.69 Å². The maximum atomic E-state index is 4.86. The summed E-state index contributed by atoms with van der Waals surface area (Å²) in [5, 5.41) is 8.60. The second kappa shape index (κ2) is 7.78. The molecule has 1 fully saturated rings. The number of benzene rings is 2. The Morgan fingerprint density at radius 1 is 0.938 bits per heavy atom. The fourth-order valence-electron chi connectivity index (χ4n) is 5.47. The number of anilines is 1. The Kier molecular flexibility index (Phi) is 4.76. The summed E-state index contributed by atoms with van der Waals surface area (Å²) < 4.78 is 2.13. The van der Waals surface area contributed by atoms with E-state index >= 15 is 0 Å². The predicted molar refractivity (Wildman–Crippen MR) is 128 cm³/mol. The molecule has 0 amide bonds. The van der Waals surface area contributed by atoms with Gasteiger partial charge in [-0.2, -0.15) is 5.10 Å². The van der Waals surface area contributed by atoms with E-state index in [-0.39, 0.29) is 5.66 Å². The van der Waals surface area contributed by atoms with Gasteiger partial charge in [0.15, 0.2) is 0 Å². The van der Waals surface area contributed by atoms with Crippen LogP contribution in [0.3, 0.4) is 0 Å². The van der Waals surface area contributed by atoms with Crippen molar-refractivity contribution in [1.82, 2.24) is 19.6 Å². The van der Waals surface area contributed by atoms with Crippen LogP contribution in [0.15, 0.2) is 65.8 Å². The Labute approximate surface area is 189 Å². The lowest BCUT2D eigenvalue weighted by molar-refractivity contribution is 0.0894. The van der Waals surface area contributed by atoms with Crippen molar-refractivity contribution in [2.75, 3.05) is 31.5 Å². The quantitative estimate of drug-likeness (QED) is 0.691. The maximum absolute atomic E-state index is 4.86. The minimum Gasteiger partial charge on any atom is -0.362 e. The number of likely N-dealkylation sites (tertiary alicyclic amines) is 1. The molecule has 0 aliphatic carbocycles. The first-order valence-corrected chi connectivity index (χ1v) is 11.7. The molecule has 3 aliphatic heterocycles. The van der Waals surface area contributed by atoms with Gasteiger partial charge in [-0.1, -0.05) is 42.5 Å². The molecule has 0 bridgehead atoms. The Bertz CT molecular complexity index is 1140. The third-order valence-corrected chi connectivity index (χ3v) is 7.35. The van der Waals surface area contributed by atoms with Gasteiger partial charge in [-0.05, 0) is 24.6 Å². The average Bonchev–Trinajstić information content (AvgIpc) is 3.45. The molecule has 3 aromatic rings. The molecule has 1 spiro atoms. The van der Waals surface area contributed by atoms with Crippen LogP contribution in [0.5, 0.6) is 0 Å². The lowest BCUT2D eigenvalue weighted by atomic mass is 9.90. The summed E-state index contributed by atoms with van der Waals surface area (Å²) in [7, 11) is 0. The molecule has 1 saturated heterocycles. The second-order valence-electron chi connectivity index (χ2n) is 9.23. The first-order chi connectivity index (χ1) is 15.7. The summed E-state index contributed by atoms with van der Waals surface area (Å²) in [5.41, 5.74) is 6.37. The lowest BCUT2D eigenvalue weighted by Gasteiger charge is -2.52. The molecule has 164 valence electrons. The van der Waals surface area contributed by atoms with Crippen molar-refractivity contribution in [2.24, 2.45) is 4.99 Å². The SMILES string of the molecule is Cc1c(CN2CCC3(CC2)Nc2ccccc2C2=NCCN23)cnn1Cc1ccccc1. The summed E-state index contributed by atoms with van der Waals surface area (Å²) in [4.78, 5) is 9.98. The van der Waals surface area contributed by atoms with E-state index in [1.807, 2.05) is 0 Å². The molecule has 6 rings (SSSR count). The normalized spacial score (nSPS) is 19.4. The van der Waals surface area contributed by atoms with Gasteiger partial charge in [0.2, 0.25) is 0 Å². The Morgan fingerprint density at radius 3 is 2.56 bits per heavy atom. The van der Waals surface area contributed by atoms with Gasteiger partial charge >= 0.3 is 0 Å². The van der Waals surface area contributed by atoms with Crippen molar-refractivity contribution in [1.29, 1.82) is 0 Å². The first-order valence-electron chi connectivity index (χ1n) is 11.7. The van der Waals surface area contributed by atoms with Crippen LogP contribution < -0.4 is 5.32 Å². The summed E-state index contributed by atoms with van der Waals surface area (Å²) in [6.45, 7) is 8.05. The van der Waals surface area contributed by atoms with Crippen LogP contribution in [-0.4, -0.2) is 57.3 Å². The van der Waals surface area contributed by atoms with Crippen molar-refractivity contribution < 1.29 is 0 Å². The van der Waals surface area contributed by atoms with Crippen molar-refractivity contribution in [3.8, 4) is 0 Å². The van der Waals surface area contributed by atoms with E-state index in [4.69, 9.17) is 4.99 Å². The van der Waals surface area contributed by atoms with Gasteiger partial charge in [0.05, 0.1) is 19.3 Å². The molecular formula is C26H30N6. The third kappa shape index (κ3) is 3.30. The van der Waals surface area contributed by atoms with E-state index in [9.17, 15) is 0 Å². The molecule has 0 atom stereocenters. The number of aromatic nitrogens is 2. The predicted octanol–water partition coefficient (Wildman–Crippen LogP) is 3.72. The first kappa shape index (κ1) is 19.6. The van der Waals surface area contributed by atoms with Crippen molar-refractivity contribution in [2.45, 2.75) is 38.5 Å². The van der Waals surface area contributed by atoms with Crippen LogP contribution in [-0.2, 0) is 13.1 Å². The highest BCUT2D eigenvalue weighted by Gasteiger charge is 2.46. The number of amidine groups is 1. The van der Waals surface area contributed by atoms with Gasteiger partial charge in [-0.3, -0.25) is 14.6 Å². The fraction of sp³-hybridized carbons (Fsp3) is 0.385. The molecule has 3 aliphatic rings. The third-order valence-electron chi connectivity index (χ3n) is 7.35. The van der Waals surface area contributed by atoms with Gasteiger partial charge in [-0.25, -0.2) is 0 Å². The summed E-state index contributed by atoms with van der Waals surface area (Å²) in [6, 6.07) is 19.2. The van der Waals surface area contributed by atoms with Crippen LogP contribution >= 0.6 is 0 Å². The number of nitrogens with one attached hydrogen (secondary N) is 1. The maximum Gasteiger partial charge on any atom is 0.134 e. The lowest BCUT2D eigenvalue weighted by Crippen LogP contribution is -2.63. The van der Waals surface area contributed by atoms with Crippen molar-refractivity contribution >= 4 is 11.5 Å². The molecular weight excluding hydrogens is 396 g/mol. The number of aliphatic imine (C=N–C) groups is 1. The van der Waals surface area contributed by atoms with Crippen molar-refractivity contribution in [3.05, 3.63) is 83.2 Å². The van der Waals surface area contributed by atoms with Crippen LogP contribution in [0.1, 0.15) is 35.2 Å². The second-order valence-corrected chi connectivity index (χ2v) is 9.23. The number of hydrogen-bond donors (Lipinski definition) is 1. The molecule has 32 heavy (non-hydrogen) atoms. The molecule has 0 unspecified atom stereocenters. The molecule has 2 aromatic carbocycles. The summed E-state index contributed by atoms with van der Waals surface area (Å²) in [5.74, 6) is 1.19. The molecule has 1 aromatic heterocycles. The Morgan fingerprint density at radius 2 is 1.72 bits per heavy atom. The van der Waals surface area contributed by atoms with Crippen LogP contribution in [0, 0.1) is 6.92 Å². The number of hydrogen-bond acceptors (Lipinski definition) is 5. The highest BCUT2D eigenvalue weighted by Crippen LogP contribution is 2.39. The van der Waals surface area contributed by atoms with E-state index in [2.05, 4.69) is 92.6 Å². The number of para-hydroxylation sites is 1. The highest BCUT2D eigenvalue weighted by molar-refractivity contribution is 6.06. The Balaban J connectivity index is 1.15. The zero-order chi connectivity index (χ0) is 21.5. The fourth-order valence-corrected chi connectivity index (χ4v) is 5.47. The number of fused-ring (bicyclic) bond motifs is 4. The van der Waals surface area contributed by atoms with Crippen molar-refractivity contribution in [3.63, 3.8) is 0 Å². The van der Waals surface area contributed by atoms with E-state index in [0.29, 0.717) is 0 Å². The Hall–Kier alpha value is -3.12. The minimum absolute atomic E-state index is 0.00722. The zero-order valence-corrected chi connectivity index (χ0v) is 18.7. The van der Waals surface area contributed by atoms with E-state index in [1.54, 1.807) is 0 Å². The van der Waals surface area contributed by atoms with Crippen LogP contribution in [0.2, 0.25) is 0 Å². The summed E-state index contributed by atoms with van der Waals surface area (Å²) in [6.07, 6.45) is 4.25. The standard InChI is InChI=1S/C26H30N6/c1-20-22(17-28-32(20)18-21-7-3-2-4-8-21)19-30-14-11-26(12-15-30)29-24-10-6-5-9-23(24)25-27-13-16-31(25)26/h2-10,17,29H,11-16,18-19H2,1H3. The zero-order valence-electron chi connectivity index (χ0n) is 18.7. The molecule has 4 heterocycles. The average molecular weight is 427 g/mol. The molecule has 0 radical (unpaired) electrons. The number of rotatable bonds is 4. The highest BCUT2D eigenvalue weighted by atomic mass is 15.4. The largest absolute Gasteiger partial charge is 0.362 e. The van der Waals surface area contributed by atoms with Crippen LogP contribution in [0.25, 0.3) is 0 Å². The van der Waals surface area contributed by atoms with Gasteiger partial charge < -0.3 is 10.2 Å². The van der Waals surface area contributed by atoms with Gasteiger partial charge in [0.1, 0.15) is 11.5 Å². The van der Waals surface area contributed by atoms with E-state index in [0.717, 1.165) is 52.1 Å². The minimum atomic E-state index is -0.00722.